The summed E-state index contributed by atoms with van der Waals surface area (Å²) in [4.78, 5) is 28.2. The predicted octanol–water partition coefficient (Wildman–Crippen LogP) is 2.30. The second-order valence-corrected chi connectivity index (χ2v) is 9.20. The molecule has 7 nitrogen and oxygen atoms in total. The van der Waals surface area contributed by atoms with E-state index in [0.717, 1.165) is 27.7 Å². The second kappa shape index (κ2) is 7.35. The first kappa shape index (κ1) is 21.3. The highest BCUT2D eigenvalue weighted by atomic mass is 16.6. The largest absolute Gasteiger partial charge is 0.393 e. The van der Waals surface area contributed by atoms with Crippen LogP contribution in [0.25, 0.3) is 17.0 Å². The highest BCUT2D eigenvalue weighted by Crippen LogP contribution is 2.40. The molecule has 1 aromatic heterocycles. The van der Waals surface area contributed by atoms with Crippen LogP contribution in [-0.2, 0) is 26.2 Å². The third-order valence-electron chi connectivity index (χ3n) is 6.40. The van der Waals surface area contributed by atoms with Crippen LogP contribution in [0.1, 0.15) is 44.5 Å². The lowest BCUT2D eigenvalue weighted by Crippen LogP contribution is -2.53. The van der Waals surface area contributed by atoms with E-state index in [4.69, 9.17) is 4.74 Å². The maximum atomic E-state index is 12.5. The van der Waals surface area contributed by atoms with Crippen LogP contribution in [0, 0.1) is 0 Å². The molecule has 2 aliphatic rings. The van der Waals surface area contributed by atoms with Gasteiger partial charge in [-0.1, -0.05) is 38.1 Å². The number of hydrogen-bond acceptors (Lipinski definition) is 4. The Bertz CT molecular complexity index is 1110. The molecule has 3 heterocycles. The minimum absolute atomic E-state index is 0.0162. The van der Waals surface area contributed by atoms with Crippen LogP contribution in [0.2, 0.25) is 0 Å². The molecule has 0 bridgehead atoms. The highest BCUT2D eigenvalue weighted by molar-refractivity contribution is 6.08. The zero-order valence-corrected chi connectivity index (χ0v) is 18.3. The lowest BCUT2D eigenvalue weighted by atomic mass is 9.86. The molecule has 31 heavy (non-hydrogen) atoms. The topological polar surface area (TPSA) is 107 Å². The summed E-state index contributed by atoms with van der Waals surface area (Å²) in [6.07, 6.45) is 4.20. The molecule has 2 amide bonds. The number of H-pyrrole nitrogens is 1. The Hall–Kier alpha value is -2.90. The minimum atomic E-state index is -0.567. The first-order chi connectivity index (χ1) is 14.6. The maximum Gasteiger partial charge on any atom is 0.268 e. The normalized spacial score (nSPS) is 27.3. The van der Waals surface area contributed by atoms with E-state index in [1.165, 1.54) is 0 Å². The van der Waals surface area contributed by atoms with E-state index in [9.17, 15) is 14.7 Å². The summed E-state index contributed by atoms with van der Waals surface area (Å²) in [7, 11) is 0. The van der Waals surface area contributed by atoms with Crippen molar-refractivity contribution in [3.63, 3.8) is 0 Å². The van der Waals surface area contributed by atoms with Crippen LogP contribution < -0.4 is 10.6 Å². The molecule has 2 saturated heterocycles. The first-order valence-corrected chi connectivity index (χ1v) is 10.5. The Labute approximate surface area is 181 Å². The Kier molecular flexibility index (Phi) is 5.06. The number of epoxide rings is 1. The molecule has 2 fully saturated rings. The average molecular weight is 424 g/mol. The molecule has 0 saturated carbocycles. The molecular formula is C24H29N3O4. The van der Waals surface area contributed by atoms with Crippen molar-refractivity contribution in [2.24, 2.45) is 0 Å². The number of para-hydroxylation sites is 1. The number of amides is 2. The van der Waals surface area contributed by atoms with Crippen molar-refractivity contribution in [2.45, 2.75) is 57.3 Å². The van der Waals surface area contributed by atoms with Gasteiger partial charge >= 0.3 is 0 Å². The van der Waals surface area contributed by atoms with Gasteiger partial charge in [0.2, 0.25) is 5.91 Å². The van der Waals surface area contributed by atoms with Gasteiger partial charge in [0.15, 0.2) is 0 Å². The Morgan fingerprint density at radius 3 is 2.71 bits per heavy atom. The molecule has 1 aromatic carbocycles. The van der Waals surface area contributed by atoms with Crippen molar-refractivity contribution in [1.29, 1.82) is 0 Å². The summed E-state index contributed by atoms with van der Waals surface area (Å²) in [5, 5.41) is 15.9. The van der Waals surface area contributed by atoms with Gasteiger partial charge in [0.25, 0.3) is 5.91 Å². The quantitative estimate of drug-likeness (QED) is 0.325. The fourth-order valence-electron chi connectivity index (χ4n) is 4.00. The molecule has 164 valence electrons. The lowest BCUT2D eigenvalue weighted by molar-refractivity contribution is -0.130. The van der Waals surface area contributed by atoms with E-state index < -0.39 is 17.1 Å². The summed E-state index contributed by atoms with van der Waals surface area (Å²) in [6, 6.07) is 5.44. The number of piperazine rings is 1. The summed E-state index contributed by atoms with van der Waals surface area (Å²) in [5.74, 6) is -0.560. The number of carbonyl (C=O) groups excluding carboxylic acids is 2. The number of fused-ring (bicyclic) bond motifs is 1. The summed E-state index contributed by atoms with van der Waals surface area (Å²) >= 11 is 0. The Morgan fingerprint density at radius 2 is 2.06 bits per heavy atom. The van der Waals surface area contributed by atoms with Crippen LogP contribution in [0.3, 0.4) is 0 Å². The molecule has 3 atom stereocenters. The number of hydrogen-bond donors (Lipinski definition) is 4. The monoisotopic (exact) mass is 423 g/mol. The lowest BCUT2D eigenvalue weighted by Gasteiger charge is -2.23. The summed E-state index contributed by atoms with van der Waals surface area (Å²) < 4.78 is 5.70. The second-order valence-electron chi connectivity index (χ2n) is 9.20. The molecule has 2 aromatic rings. The number of aliphatic hydroxyl groups is 1. The van der Waals surface area contributed by atoms with Gasteiger partial charge in [-0.25, -0.2) is 0 Å². The molecule has 2 aliphatic heterocycles. The molecular weight excluding hydrogens is 394 g/mol. The van der Waals surface area contributed by atoms with Crippen molar-refractivity contribution in [3.05, 3.63) is 53.4 Å². The summed E-state index contributed by atoms with van der Waals surface area (Å²) in [5.41, 5.74) is 3.07. The SMILES string of the molecule is C=CC(C)(C)c1[nH]c2c(CC3OC3(C)CO)cccc2c1/C=C1\NC(=O)[C@H](C)NC1=O. The number of benzene rings is 1. The van der Waals surface area contributed by atoms with E-state index in [1.807, 2.05) is 45.0 Å². The number of carbonyl (C=O) groups is 2. The fraction of sp³-hybridized carbons (Fsp3) is 0.417. The number of aromatic amines is 1. The van der Waals surface area contributed by atoms with Crippen LogP contribution >= 0.6 is 0 Å². The van der Waals surface area contributed by atoms with Gasteiger partial charge in [-0.15, -0.1) is 6.58 Å². The van der Waals surface area contributed by atoms with E-state index >= 15 is 0 Å². The van der Waals surface area contributed by atoms with Gasteiger partial charge in [0.1, 0.15) is 17.3 Å². The molecule has 4 N–H and O–H groups in total. The number of rotatable bonds is 6. The van der Waals surface area contributed by atoms with Crippen LogP contribution in [0.15, 0.2) is 36.6 Å². The standard InChI is InChI=1S/C24H29N3O4/c1-6-23(3,4)20-16(11-17-22(30)25-13(2)21(29)26-17)15-9-7-8-14(19(15)27-20)10-18-24(5,12-28)31-18/h6-9,11,13,18,27-28H,1,10,12H2,2-5H3,(H,25,30)(H,26,29)/b17-11-/t13-,18?,24?/m0/s1. The fourth-order valence-corrected chi connectivity index (χ4v) is 4.00. The smallest absolute Gasteiger partial charge is 0.268 e. The Morgan fingerprint density at radius 1 is 1.32 bits per heavy atom. The minimum Gasteiger partial charge on any atom is -0.393 e. The summed E-state index contributed by atoms with van der Waals surface area (Å²) in [6.45, 7) is 11.6. The van der Waals surface area contributed by atoms with E-state index in [0.29, 0.717) is 6.42 Å². The number of nitrogens with one attached hydrogen (secondary N) is 3. The number of aliphatic hydroxyl groups excluding tert-OH is 1. The molecule has 0 aliphatic carbocycles. The van der Waals surface area contributed by atoms with Crippen molar-refractivity contribution < 1.29 is 19.4 Å². The first-order valence-electron chi connectivity index (χ1n) is 10.5. The van der Waals surface area contributed by atoms with Crippen molar-refractivity contribution in [3.8, 4) is 0 Å². The van der Waals surface area contributed by atoms with E-state index in [-0.39, 0.29) is 30.2 Å². The average Bonchev–Trinajstić information content (AvgIpc) is 3.22. The van der Waals surface area contributed by atoms with Crippen LogP contribution in [-0.4, -0.2) is 46.3 Å². The number of ether oxygens (including phenoxy) is 1. The van der Waals surface area contributed by atoms with Crippen LogP contribution in [0.4, 0.5) is 0 Å². The third kappa shape index (κ3) is 3.68. The van der Waals surface area contributed by atoms with Crippen molar-refractivity contribution in [1.82, 2.24) is 15.6 Å². The third-order valence-corrected chi connectivity index (χ3v) is 6.40. The maximum absolute atomic E-state index is 12.5. The van der Waals surface area contributed by atoms with Crippen molar-refractivity contribution in [2.75, 3.05) is 6.61 Å². The molecule has 4 rings (SSSR count). The van der Waals surface area contributed by atoms with Gasteiger partial charge in [-0.2, -0.15) is 0 Å². The number of allylic oxidation sites excluding steroid dienone is 1. The molecule has 7 heteroatoms. The molecule has 0 radical (unpaired) electrons. The zero-order valence-electron chi connectivity index (χ0n) is 18.3. The van der Waals surface area contributed by atoms with Crippen molar-refractivity contribution >= 4 is 28.8 Å². The molecule has 2 unspecified atom stereocenters. The van der Waals surface area contributed by atoms with Gasteiger partial charge in [-0.05, 0) is 25.5 Å². The van der Waals surface area contributed by atoms with Gasteiger partial charge in [0.05, 0.1) is 12.7 Å². The Balaban J connectivity index is 1.84. The zero-order chi connectivity index (χ0) is 22.6. The predicted molar refractivity (Wildman–Crippen MR) is 119 cm³/mol. The van der Waals surface area contributed by atoms with Gasteiger partial charge < -0.3 is 25.5 Å². The van der Waals surface area contributed by atoms with E-state index in [1.54, 1.807) is 13.0 Å². The van der Waals surface area contributed by atoms with Gasteiger partial charge in [0, 0.05) is 34.0 Å². The van der Waals surface area contributed by atoms with Crippen LogP contribution in [0.5, 0.6) is 0 Å². The van der Waals surface area contributed by atoms with E-state index in [2.05, 4.69) is 22.2 Å². The van der Waals surface area contributed by atoms with Gasteiger partial charge in [-0.3, -0.25) is 9.59 Å². The molecule has 0 spiro atoms. The highest BCUT2D eigenvalue weighted by Gasteiger charge is 2.51. The number of aromatic nitrogens is 1.